The number of hydrogen-bond donors (Lipinski definition) is 0. The number of carbonyl (C=O) groups is 1. The molecule has 2 rings (SSSR count). The van der Waals surface area contributed by atoms with Gasteiger partial charge in [0, 0.05) is 31.4 Å². The third kappa shape index (κ3) is 2.49. The molecule has 0 bridgehead atoms. The molecule has 18 heavy (non-hydrogen) atoms. The molecule has 0 saturated carbocycles. The van der Waals surface area contributed by atoms with Gasteiger partial charge in [-0.05, 0) is 33.0 Å². The molecule has 1 amide bonds. The Hall–Kier alpha value is -1.13. The maximum Gasteiger partial charge on any atom is 0.257 e. The second kappa shape index (κ2) is 4.86. The average molecular weight is 268 g/mol. The highest BCUT2D eigenvalue weighted by Crippen LogP contribution is 2.22. The van der Waals surface area contributed by atoms with Crippen LogP contribution in [0.3, 0.4) is 0 Å². The number of piperazine rings is 1. The summed E-state index contributed by atoms with van der Waals surface area (Å²) in [4.78, 5) is 20.5. The van der Waals surface area contributed by atoms with Gasteiger partial charge in [-0.15, -0.1) is 0 Å². The zero-order chi connectivity index (χ0) is 13.3. The van der Waals surface area contributed by atoms with Gasteiger partial charge in [0.1, 0.15) is 5.15 Å². The molecule has 2 heterocycles. The summed E-state index contributed by atoms with van der Waals surface area (Å²) >= 11 is 5.97. The first-order valence-electron chi connectivity index (χ1n) is 6.03. The minimum absolute atomic E-state index is 0.0113. The number of likely N-dealkylation sites (N-methyl/N-ethyl adjacent to an activating group) is 1. The summed E-state index contributed by atoms with van der Waals surface area (Å²) in [6, 6.07) is 3.46. The Bertz CT molecular complexity index is 461. The molecular weight excluding hydrogens is 250 g/mol. The van der Waals surface area contributed by atoms with Crippen molar-refractivity contribution in [1.82, 2.24) is 14.8 Å². The largest absolute Gasteiger partial charge is 0.335 e. The summed E-state index contributed by atoms with van der Waals surface area (Å²) < 4.78 is 0. The van der Waals surface area contributed by atoms with E-state index in [0.29, 0.717) is 12.1 Å². The molecule has 1 aliphatic rings. The third-order valence-corrected chi connectivity index (χ3v) is 3.89. The lowest BCUT2D eigenvalue weighted by molar-refractivity contribution is 0.0311. The normalized spacial score (nSPS) is 19.9. The number of pyridine rings is 1. The molecule has 98 valence electrons. The summed E-state index contributed by atoms with van der Waals surface area (Å²) in [6.45, 7) is 6.57. The molecule has 0 spiro atoms. The second-order valence-corrected chi connectivity index (χ2v) is 5.66. The van der Waals surface area contributed by atoms with Gasteiger partial charge in [-0.1, -0.05) is 11.6 Å². The van der Waals surface area contributed by atoms with Gasteiger partial charge in [0.25, 0.3) is 5.91 Å². The molecule has 0 N–H and O–H groups in total. The fourth-order valence-electron chi connectivity index (χ4n) is 2.13. The fourth-order valence-corrected chi connectivity index (χ4v) is 2.33. The number of amides is 1. The zero-order valence-electron chi connectivity index (χ0n) is 11.0. The van der Waals surface area contributed by atoms with Crippen LogP contribution in [0.1, 0.15) is 24.2 Å². The first-order valence-corrected chi connectivity index (χ1v) is 6.40. The lowest BCUT2D eigenvalue weighted by atomic mass is 9.99. The Kier molecular flexibility index (Phi) is 3.59. The van der Waals surface area contributed by atoms with E-state index < -0.39 is 0 Å². The lowest BCUT2D eigenvalue weighted by Crippen LogP contribution is -2.58. The van der Waals surface area contributed by atoms with Gasteiger partial charge in [0.05, 0.1) is 5.56 Å². The van der Waals surface area contributed by atoms with Crippen molar-refractivity contribution < 1.29 is 4.79 Å². The maximum atomic E-state index is 12.4. The van der Waals surface area contributed by atoms with E-state index in [0.717, 1.165) is 13.1 Å². The number of aromatic nitrogens is 1. The van der Waals surface area contributed by atoms with Crippen molar-refractivity contribution in [2.45, 2.75) is 19.4 Å². The summed E-state index contributed by atoms with van der Waals surface area (Å²) in [6.07, 6.45) is 1.59. The summed E-state index contributed by atoms with van der Waals surface area (Å²) in [5.41, 5.74) is 0.474. The summed E-state index contributed by atoms with van der Waals surface area (Å²) in [5.74, 6) is -0.0331. The highest BCUT2D eigenvalue weighted by atomic mass is 35.5. The Morgan fingerprint density at radius 2 is 2.17 bits per heavy atom. The van der Waals surface area contributed by atoms with Crippen molar-refractivity contribution in [3.05, 3.63) is 29.0 Å². The van der Waals surface area contributed by atoms with Crippen LogP contribution in [0.2, 0.25) is 5.15 Å². The van der Waals surface area contributed by atoms with Crippen molar-refractivity contribution >= 4 is 17.5 Å². The molecule has 0 atom stereocenters. The number of halogens is 1. The quantitative estimate of drug-likeness (QED) is 0.730. The van der Waals surface area contributed by atoms with Crippen molar-refractivity contribution in [3.63, 3.8) is 0 Å². The van der Waals surface area contributed by atoms with Crippen LogP contribution in [0.4, 0.5) is 0 Å². The number of hydrogen-bond acceptors (Lipinski definition) is 3. The standard InChI is InChI=1S/C13H18ClN3O/c1-13(2)9-17(8-7-16(13)3)12(18)10-5-4-6-15-11(10)14/h4-6H,7-9H2,1-3H3. The molecule has 0 unspecified atom stereocenters. The van der Waals surface area contributed by atoms with Crippen LogP contribution >= 0.6 is 11.6 Å². The summed E-state index contributed by atoms with van der Waals surface area (Å²) in [5, 5.41) is 0.277. The minimum atomic E-state index is -0.0331. The van der Waals surface area contributed by atoms with Crippen molar-refractivity contribution in [1.29, 1.82) is 0 Å². The second-order valence-electron chi connectivity index (χ2n) is 5.30. The van der Waals surface area contributed by atoms with Gasteiger partial charge >= 0.3 is 0 Å². The van der Waals surface area contributed by atoms with Crippen molar-refractivity contribution in [2.75, 3.05) is 26.7 Å². The van der Waals surface area contributed by atoms with E-state index in [1.807, 2.05) is 4.90 Å². The first-order chi connectivity index (χ1) is 8.42. The molecule has 0 aliphatic carbocycles. The predicted octanol–water partition coefficient (Wildman–Crippen LogP) is 1.90. The maximum absolute atomic E-state index is 12.4. The highest BCUT2D eigenvalue weighted by Gasteiger charge is 2.34. The number of nitrogens with zero attached hydrogens (tertiary/aromatic N) is 3. The van der Waals surface area contributed by atoms with Crippen LogP contribution in [0.25, 0.3) is 0 Å². The first kappa shape index (κ1) is 13.3. The van der Waals surface area contributed by atoms with Gasteiger partial charge in [-0.2, -0.15) is 0 Å². The lowest BCUT2D eigenvalue weighted by Gasteiger charge is -2.45. The minimum Gasteiger partial charge on any atom is -0.335 e. The monoisotopic (exact) mass is 267 g/mol. The van der Waals surface area contributed by atoms with Crippen molar-refractivity contribution in [2.24, 2.45) is 0 Å². The van der Waals surface area contributed by atoms with Crippen LogP contribution in [0, 0.1) is 0 Å². The van der Waals surface area contributed by atoms with E-state index >= 15 is 0 Å². The van der Waals surface area contributed by atoms with E-state index in [2.05, 4.69) is 30.8 Å². The van der Waals surface area contributed by atoms with E-state index in [-0.39, 0.29) is 16.6 Å². The Morgan fingerprint density at radius 3 is 2.78 bits per heavy atom. The molecule has 1 fully saturated rings. The highest BCUT2D eigenvalue weighted by molar-refractivity contribution is 6.32. The SMILES string of the molecule is CN1CCN(C(=O)c2cccnc2Cl)CC1(C)C. The molecular formula is C13H18ClN3O. The number of rotatable bonds is 1. The topological polar surface area (TPSA) is 36.4 Å². The average Bonchev–Trinajstić information content (AvgIpc) is 2.32. The van der Waals surface area contributed by atoms with Crippen molar-refractivity contribution in [3.8, 4) is 0 Å². The van der Waals surface area contributed by atoms with E-state index in [1.165, 1.54) is 0 Å². The van der Waals surface area contributed by atoms with Crippen LogP contribution in [0.15, 0.2) is 18.3 Å². The molecule has 1 saturated heterocycles. The number of carbonyl (C=O) groups excluding carboxylic acids is 1. The smallest absolute Gasteiger partial charge is 0.257 e. The van der Waals surface area contributed by atoms with E-state index in [9.17, 15) is 4.79 Å². The molecule has 1 aromatic rings. The molecule has 1 aliphatic heterocycles. The van der Waals surface area contributed by atoms with Gasteiger partial charge in [0.15, 0.2) is 0 Å². The fraction of sp³-hybridized carbons (Fsp3) is 0.538. The molecule has 0 radical (unpaired) electrons. The Morgan fingerprint density at radius 1 is 1.44 bits per heavy atom. The van der Waals surface area contributed by atoms with Gasteiger partial charge < -0.3 is 4.90 Å². The zero-order valence-corrected chi connectivity index (χ0v) is 11.7. The Balaban J connectivity index is 2.18. The van der Waals surface area contributed by atoms with Crippen LogP contribution < -0.4 is 0 Å². The van der Waals surface area contributed by atoms with Crippen LogP contribution in [-0.2, 0) is 0 Å². The predicted molar refractivity (Wildman–Crippen MR) is 71.9 cm³/mol. The molecule has 4 nitrogen and oxygen atoms in total. The van der Waals surface area contributed by atoms with Gasteiger partial charge in [-0.25, -0.2) is 4.98 Å². The van der Waals surface area contributed by atoms with Gasteiger partial charge in [-0.3, -0.25) is 9.69 Å². The Labute approximate surface area is 113 Å². The summed E-state index contributed by atoms with van der Waals surface area (Å²) in [7, 11) is 2.08. The molecule has 5 heteroatoms. The van der Waals surface area contributed by atoms with E-state index in [1.54, 1.807) is 18.3 Å². The van der Waals surface area contributed by atoms with Crippen LogP contribution in [-0.4, -0.2) is 52.9 Å². The molecule has 1 aromatic heterocycles. The third-order valence-electron chi connectivity index (χ3n) is 3.59. The van der Waals surface area contributed by atoms with E-state index in [4.69, 9.17) is 11.6 Å². The molecule has 0 aromatic carbocycles. The van der Waals surface area contributed by atoms with Gasteiger partial charge in [0.2, 0.25) is 0 Å². The van der Waals surface area contributed by atoms with Crippen LogP contribution in [0.5, 0.6) is 0 Å².